The van der Waals surface area contributed by atoms with E-state index in [0.29, 0.717) is 5.75 Å². The number of fused-ring (bicyclic) bond motifs is 1. The van der Waals surface area contributed by atoms with E-state index in [9.17, 15) is 5.11 Å². The van der Waals surface area contributed by atoms with Gasteiger partial charge in [0.25, 0.3) is 0 Å². The smallest absolute Gasteiger partial charge is 0.211 e. The molecule has 2 rings (SSSR count). The van der Waals surface area contributed by atoms with Gasteiger partial charge in [0.05, 0.1) is 0 Å². The van der Waals surface area contributed by atoms with Gasteiger partial charge in [-0.3, -0.25) is 0 Å². The number of rotatable bonds is 0. The van der Waals surface area contributed by atoms with Crippen LogP contribution < -0.4 is 4.91 Å². The summed E-state index contributed by atoms with van der Waals surface area (Å²) in [4.78, 5) is 4.94. The fourth-order valence-corrected chi connectivity index (χ4v) is 1.06. The largest absolute Gasteiger partial charge is 0.506 e. The summed E-state index contributed by atoms with van der Waals surface area (Å²) in [6, 6.07) is 7.63. The highest BCUT2D eigenvalue weighted by molar-refractivity contribution is 5.85. The Bertz CT molecular complexity index is 428. The van der Waals surface area contributed by atoms with E-state index in [1.54, 1.807) is 6.20 Å². The maximum Gasteiger partial charge on any atom is 0.211 e. The van der Waals surface area contributed by atoms with Crippen molar-refractivity contribution in [3.63, 3.8) is 0 Å². The molecule has 1 aromatic heterocycles. The molecule has 0 radical (unpaired) electrons. The second-order valence-corrected chi connectivity index (χ2v) is 2.33. The molecule has 5 heteroatoms. The molecule has 0 fully saturated rings. The minimum Gasteiger partial charge on any atom is -0.506 e. The first-order chi connectivity index (χ1) is 6.29. The number of aromatic hydroxyl groups is 1. The Morgan fingerprint density at radius 3 is 2.46 bits per heavy atom. The lowest BCUT2D eigenvalue weighted by molar-refractivity contribution is 0.481. The number of benzene rings is 1. The first-order valence-electron chi connectivity index (χ1n) is 3.58. The molecule has 1 heterocycles. The van der Waals surface area contributed by atoms with Crippen LogP contribution in [0.1, 0.15) is 0 Å². The van der Waals surface area contributed by atoms with E-state index in [2.05, 4.69) is 4.98 Å². The molecule has 0 bridgehead atoms. The van der Waals surface area contributed by atoms with E-state index in [0.717, 1.165) is 10.9 Å². The van der Waals surface area contributed by atoms with Crippen LogP contribution in [0.15, 0.2) is 30.5 Å². The molecule has 0 spiro atoms. The maximum atomic E-state index is 9.18. The summed E-state index contributed by atoms with van der Waals surface area (Å²) in [7, 11) is 0. The van der Waals surface area contributed by atoms with Gasteiger partial charge in [0.2, 0.25) is 4.91 Å². The number of hydrogen-bond donors (Lipinski definition) is 4. The number of aromatic amines is 1. The summed E-state index contributed by atoms with van der Waals surface area (Å²) in [5.41, 5.74) is 12.0. The standard InChI is InChI=1S/C8H7NO.H2N3/c10-8-5-9-7-4-2-1-3-6(7)8;1-3-2/h1-5,9-10H;1-2H/q;+1. The Kier molecular flexibility index (Phi) is 2.78. The topological polar surface area (TPSA) is 97.8 Å². The molecule has 0 aliphatic rings. The van der Waals surface area contributed by atoms with Crippen molar-refractivity contribution in [3.05, 3.63) is 30.5 Å². The Morgan fingerprint density at radius 2 is 1.85 bits per heavy atom. The summed E-state index contributed by atoms with van der Waals surface area (Å²) < 4.78 is 0. The molecule has 0 atom stereocenters. The average molecular weight is 177 g/mol. The van der Waals surface area contributed by atoms with Crippen molar-refractivity contribution in [2.24, 2.45) is 0 Å². The molecule has 4 N–H and O–H groups in total. The third-order valence-electron chi connectivity index (χ3n) is 1.57. The second-order valence-electron chi connectivity index (χ2n) is 2.33. The normalized spacial score (nSPS) is 8.62. The van der Waals surface area contributed by atoms with Crippen molar-refractivity contribution in [2.45, 2.75) is 0 Å². The van der Waals surface area contributed by atoms with E-state index < -0.39 is 0 Å². The lowest BCUT2D eigenvalue weighted by Gasteiger charge is -1.86. The summed E-state index contributed by atoms with van der Waals surface area (Å²) in [5.74, 6) is 0.315. The molecule has 13 heavy (non-hydrogen) atoms. The molecule has 0 aliphatic carbocycles. The van der Waals surface area contributed by atoms with Gasteiger partial charge in [0, 0.05) is 17.1 Å². The molecule has 0 saturated heterocycles. The number of nitrogens with zero attached hydrogens (tertiary/aromatic N) is 1. The van der Waals surface area contributed by atoms with Gasteiger partial charge >= 0.3 is 0 Å². The van der Waals surface area contributed by atoms with Crippen molar-refractivity contribution in [1.29, 1.82) is 11.1 Å². The zero-order valence-electron chi connectivity index (χ0n) is 6.78. The van der Waals surface area contributed by atoms with Crippen LogP contribution in [0.2, 0.25) is 0 Å². The van der Waals surface area contributed by atoms with Crippen LogP contribution in [-0.4, -0.2) is 10.1 Å². The minimum absolute atomic E-state index is 0.315. The van der Waals surface area contributed by atoms with Crippen LogP contribution in [0.5, 0.6) is 5.75 Å². The zero-order chi connectivity index (χ0) is 9.68. The van der Waals surface area contributed by atoms with Crippen molar-refractivity contribution < 1.29 is 5.11 Å². The van der Waals surface area contributed by atoms with Gasteiger partial charge < -0.3 is 10.1 Å². The van der Waals surface area contributed by atoms with Gasteiger partial charge in [-0.2, -0.15) is 0 Å². The SMILES string of the molecule is N=[N+]=N.Oc1c[nH]c2ccccc12. The number of hydrogen-bond acceptors (Lipinski definition) is 3. The van der Waals surface area contributed by atoms with Crippen LogP contribution in [0.4, 0.5) is 0 Å². The molecule has 5 nitrogen and oxygen atoms in total. The quantitative estimate of drug-likeness (QED) is 0.359. The predicted molar refractivity (Wildman–Crippen MR) is 47.5 cm³/mol. The highest BCUT2D eigenvalue weighted by Crippen LogP contribution is 2.22. The summed E-state index contributed by atoms with van der Waals surface area (Å²) in [6.07, 6.45) is 1.59. The summed E-state index contributed by atoms with van der Waals surface area (Å²) in [6.45, 7) is 0. The lowest BCUT2D eigenvalue weighted by atomic mass is 10.2. The molecule has 66 valence electrons. The zero-order valence-corrected chi connectivity index (χ0v) is 6.78. The van der Waals surface area contributed by atoms with Crippen LogP contribution in [0.3, 0.4) is 0 Å². The first kappa shape index (κ1) is 8.96. The summed E-state index contributed by atoms with van der Waals surface area (Å²) in [5, 5.41) is 10.1. The van der Waals surface area contributed by atoms with E-state index in [-0.39, 0.29) is 0 Å². The Morgan fingerprint density at radius 1 is 1.23 bits per heavy atom. The van der Waals surface area contributed by atoms with Gasteiger partial charge in [0.1, 0.15) is 16.8 Å². The number of aromatic nitrogens is 1. The Hall–Kier alpha value is -2.13. The molecule has 0 unspecified atom stereocenters. The highest BCUT2D eigenvalue weighted by Gasteiger charge is 1.97. The molecular formula is C8H9N4O+. The fourth-order valence-electron chi connectivity index (χ4n) is 1.06. The third-order valence-corrected chi connectivity index (χ3v) is 1.57. The second kappa shape index (κ2) is 4.04. The number of nitrogens with one attached hydrogen (secondary N) is 3. The van der Waals surface area contributed by atoms with E-state index in [1.165, 1.54) is 0 Å². The van der Waals surface area contributed by atoms with E-state index in [1.807, 2.05) is 29.2 Å². The van der Waals surface area contributed by atoms with E-state index >= 15 is 0 Å². The molecule has 0 aliphatic heterocycles. The van der Waals surface area contributed by atoms with Crippen LogP contribution in [0, 0.1) is 11.1 Å². The van der Waals surface area contributed by atoms with Gasteiger partial charge in [0.15, 0.2) is 0 Å². The van der Waals surface area contributed by atoms with Crippen LogP contribution in [0.25, 0.3) is 10.9 Å². The Labute approximate surface area is 74.0 Å². The van der Waals surface area contributed by atoms with Crippen LogP contribution in [-0.2, 0) is 0 Å². The molecule has 0 amide bonds. The lowest BCUT2D eigenvalue weighted by Crippen LogP contribution is -1.62. The Balaban J connectivity index is 0.000000251. The molecule has 2 aromatic rings. The molecular weight excluding hydrogens is 168 g/mol. The average Bonchev–Trinajstić information content (AvgIpc) is 2.50. The van der Waals surface area contributed by atoms with Gasteiger partial charge in [-0.1, -0.05) is 12.1 Å². The van der Waals surface area contributed by atoms with Crippen molar-refractivity contribution in [2.75, 3.05) is 0 Å². The number of H-pyrrole nitrogens is 1. The predicted octanol–water partition coefficient (Wildman–Crippen LogP) is 1.99. The van der Waals surface area contributed by atoms with Crippen molar-refractivity contribution in [3.8, 4) is 5.75 Å². The fraction of sp³-hybridized carbons (Fsp3) is 0. The van der Waals surface area contributed by atoms with Crippen LogP contribution >= 0.6 is 0 Å². The third kappa shape index (κ3) is 1.91. The monoisotopic (exact) mass is 177 g/mol. The minimum atomic E-state index is 0.315. The van der Waals surface area contributed by atoms with Gasteiger partial charge in [-0.05, 0) is 12.1 Å². The summed E-state index contributed by atoms with van der Waals surface area (Å²) >= 11 is 0. The van der Waals surface area contributed by atoms with Crippen molar-refractivity contribution >= 4 is 10.9 Å². The van der Waals surface area contributed by atoms with E-state index in [4.69, 9.17) is 11.1 Å². The number of para-hydroxylation sites is 1. The van der Waals surface area contributed by atoms with Gasteiger partial charge in [-0.15, -0.1) is 0 Å². The maximum absolute atomic E-state index is 9.18. The molecule has 1 aromatic carbocycles. The first-order valence-corrected chi connectivity index (χ1v) is 3.58. The van der Waals surface area contributed by atoms with Gasteiger partial charge in [-0.25, -0.2) is 0 Å². The molecule has 0 saturated carbocycles. The highest BCUT2D eigenvalue weighted by atomic mass is 16.3. The van der Waals surface area contributed by atoms with Crippen molar-refractivity contribution in [1.82, 2.24) is 9.90 Å².